The monoisotopic (exact) mass is 269 g/mol. The lowest BCUT2D eigenvalue weighted by Crippen LogP contribution is -2.37. The lowest BCUT2D eigenvalue weighted by atomic mass is 9.93. The van der Waals surface area contributed by atoms with Gasteiger partial charge in [-0.2, -0.15) is 4.37 Å². The second-order valence-corrected chi connectivity index (χ2v) is 6.05. The first-order valence-electron chi connectivity index (χ1n) is 6.34. The van der Waals surface area contributed by atoms with Gasteiger partial charge in [-0.1, -0.05) is 26.7 Å². The third-order valence-electron chi connectivity index (χ3n) is 3.38. The van der Waals surface area contributed by atoms with Crippen molar-refractivity contribution in [3.8, 4) is 0 Å². The zero-order valence-corrected chi connectivity index (χ0v) is 11.6. The summed E-state index contributed by atoms with van der Waals surface area (Å²) in [4.78, 5) is 15.4. The SMILES string of the molecule is CC(C)c1nsc(NC2(CC(=O)O)CCCC2)n1. The number of anilines is 1. The van der Waals surface area contributed by atoms with Crippen molar-refractivity contribution >= 4 is 22.6 Å². The van der Waals surface area contributed by atoms with Gasteiger partial charge in [0.15, 0.2) is 0 Å². The maximum absolute atomic E-state index is 11.0. The molecule has 1 fully saturated rings. The molecule has 0 atom stereocenters. The lowest BCUT2D eigenvalue weighted by Gasteiger charge is -2.28. The molecule has 0 saturated heterocycles. The van der Waals surface area contributed by atoms with E-state index >= 15 is 0 Å². The van der Waals surface area contributed by atoms with Crippen LogP contribution in [0.4, 0.5) is 5.13 Å². The minimum Gasteiger partial charge on any atom is -0.481 e. The van der Waals surface area contributed by atoms with Crippen LogP contribution in [0.25, 0.3) is 0 Å². The van der Waals surface area contributed by atoms with Crippen molar-refractivity contribution in [3.63, 3.8) is 0 Å². The summed E-state index contributed by atoms with van der Waals surface area (Å²) in [6.07, 6.45) is 4.11. The van der Waals surface area contributed by atoms with Gasteiger partial charge in [0, 0.05) is 17.5 Å². The Balaban J connectivity index is 2.10. The van der Waals surface area contributed by atoms with E-state index in [1.165, 1.54) is 11.5 Å². The Hall–Kier alpha value is -1.17. The van der Waals surface area contributed by atoms with Crippen LogP contribution in [-0.2, 0) is 4.79 Å². The van der Waals surface area contributed by atoms with E-state index in [2.05, 4.69) is 28.5 Å². The smallest absolute Gasteiger partial charge is 0.305 e. The highest BCUT2D eigenvalue weighted by molar-refractivity contribution is 7.09. The molecular formula is C12H19N3O2S. The van der Waals surface area contributed by atoms with Gasteiger partial charge in [0.05, 0.1) is 12.0 Å². The van der Waals surface area contributed by atoms with Gasteiger partial charge in [-0.25, -0.2) is 4.98 Å². The average Bonchev–Trinajstić information content (AvgIpc) is 2.87. The summed E-state index contributed by atoms with van der Waals surface area (Å²) in [5.74, 6) is 0.375. The van der Waals surface area contributed by atoms with Gasteiger partial charge < -0.3 is 10.4 Å². The lowest BCUT2D eigenvalue weighted by molar-refractivity contribution is -0.138. The Labute approximate surface area is 111 Å². The van der Waals surface area contributed by atoms with E-state index < -0.39 is 5.97 Å². The van der Waals surface area contributed by atoms with Gasteiger partial charge in [-0.3, -0.25) is 4.79 Å². The largest absolute Gasteiger partial charge is 0.481 e. The molecular weight excluding hydrogens is 250 g/mol. The molecule has 1 aliphatic carbocycles. The number of hydrogen-bond acceptors (Lipinski definition) is 5. The van der Waals surface area contributed by atoms with Gasteiger partial charge in [0.1, 0.15) is 5.82 Å². The molecule has 1 heterocycles. The van der Waals surface area contributed by atoms with Crippen LogP contribution < -0.4 is 5.32 Å². The maximum atomic E-state index is 11.0. The van der Waals surface area contributed by atoms with E-state index in [4.69, 9.17) is 5.11 Å². The molecule has 1 aromatic heterocycles. The molecule has 0 spiro atoms. The number of nitrogens with zero attached hydrogens (tertiary/aromatic N) is 2. The highest BCUT2D eigenvalue weighted by atomic mass is 32.1. The molecule has 6 heteroatoms. The van der Waals surface area contributed by atoms with Crippen LogP contribution >= 0.6 is 11.5 Å². The Morgan fingerprint density at radius 2 is 2.17 bits per heavy atom. The molecule has 0 aromatic carbocycles. The fourth-order valence-electron chi connectivity index (χ4n) is 2.43. The van der Waals surface area contributed by atoms with E-state index in [1.54, 1.807) is 0 Å². The quantitative estimate of drug-likeness (QED) is 0.859. The summed E-state index contributed by atoms with van der Waals surface area (Å²) in [5, 5.41) is 13.1. The molecule has 0 unspecified atom stereocenters. The van der Waals surface area contributed by atoms with E-state index in [0.29, 0.717) is 5.92 Å². The van der Waals surface area contributed by atoms with Crippen LogP contribution in [-0.4, -0.2) is 26.0 Å². The average molecular weight is 269 g/mol. The van der Waals surface area contributed by atoms with E-state index in [9.17, 15) is 4.79 Å². The first-order valence-corrected chi connectivity index (χ1v) is 7.12. The predicted molar refractivity (Wildman–Crippen MR) is 71.1 cm³/mol. The summed E-state index contributed by atoms with van der Waals surface area (Å²) in [6.45, 7) is 4.10. The Kier molecular flexibility index (Phi) is 3.85. The molecule has 1 saturated carbocycles. The van der Waals surface area contributed by atoms with E-state index in [-0.39, 0.29) is 12.0 Å². The normalized spacial score (nSPS) is 18.2. The third-order valence-corrected chi connectivity index (χ3v) is 4.03. The Bertz CT molecular complexity index is 425. The second kappa shape index (κ2) is 5.22. The molecule has 18 heavy (non-hydrogen) atoms. The molecule has 0 bridgehead atoms. The maximum Gasteiger partial charge on any atom is 0.305 e. The highest BCUT2D eigenvalue weighted by Crippen LogP contribution is 2.36. The topological polar surface area (TPSA) is 75.1 Å². The molecule has 0 amide bonds. The molecule has 2 rings (SSSR count). The van der Waals surface area contributed by atoms with E-state index in [0.717, 1.165) is 36.6 Å². The molecule has 5 nitrogen and oxygen atoms in total. The van der Waals surface area contributed by atoms with Crippen molar-refractivity contribution in [2.75, 3.05) is 5.32 Å². The van der Waals surface area contributed by atoms with Crippen molar-refractivity contribution in [3.05, 3.63) is 5.82 Å². The van der Waals surface area contributed by atoms with Gasteiger partial charge >= 0.3 is 5.97 Å². The zero-order chi connectivity index (χ0) is 13.2. The summed E-state index contributed by atoms with van der Waals surface area (Å²) < 4.78 is 4.29. The molecule has 100 valence electrons. The number of carboxylic acid groups (broad SMARTS) is 1. The zero-order valence-electron chi connectivity index (χ0n) is 10.8. The van der Waals surface area contributed by atoms with Crippen LogP contribution in [0.2, 0.25) is 0 Å². The van der Waals surface area contributed by atoms with Crippen molar-refractivity contribution in [1.29, 1.82) is 0 Å². The standard InChI is InChI=1S/C12H19N3O2S/c1-8(2)10-13-11(18-15-10)14-12(7-9(16)17)5-3-4-6-12/h8H,3-7H2,1-2H3,(H,16,17)(H,13,14,15). The summed E-state index contributed by atoms with van der Waals surface area (Å²) in [7, 11) is 0. The number of carbonyl (C=O) groups is 1. The molecule has 2 N–H and O–H groups in total. The molecule has 1 aromatic rings. The van der Waals surface area contributed by atoms with Crippen LogP contribution in [0.1, 0.15) is 57.7 Å². The molecule has 0 radical (unpaired) electrons. The van der Waals surface area contributed by atoms with Crippen molar-refractivity contribution < 1.29 is 9.90 Å². The van der Waals surface area contributed by atoms with Gasteiger partial charge in [0.2, 0.25) is 5.13 Å². The molecule has 0 aliphatic heterocycles. The minimum atomic E-state index is -0.752. The number of aromatic nitrogens is 2. The Morgan fingerprint density at radius 3 is 2.67 bits per heavy atom. The van der Waals surface area contributed by atoms with Crippen LogP contribution in [0.15, 0.2) is 0 Å². The number of aliphatic carboxylic acids is 1. The summed E-state index contributed by atoms with van der Waals surface area (Å²) in [5.41, 5.74) is -0.320. The van der Waals surface area contributed by atoms with Crippen molar-refractivity contribution in [1.82, 2.24) is 9.36 Å². The van der Waals surface area contributed by atoms with Crippen molar-refractivity contribution in [2.45, 2.75) is 57.4 Å². The molecule has 1 aliphatic rings. The van der Waals surface area contributed by atoms with Crippen LogP contribution in [0.3, 0.4) is 0 Å². The highest BCUT2D eigenvalue weighted by Gasteiger charge is 2.36. The van der Waals surface area contributed by atoms with Crippen molar-refractivity contribution in [2.24, 2.45) is 0 Å². The second-order valence-electron chi connectivity index (χ2n) is 5.30. The van der Waals surface area contributed by atoms with Gasteiger partial charge in [-0.15, -0.1) is 0 Å². The third kappa shape index (κ3) is 2.98. The number of carboxylic acids is 1. The van der Waals surface area contributed by atoms with Gasteiger partial charge in [-0.05, 0) is 12.8 Å². The fraction of sp³-hybridized carbons (Fsp3) is 0.750. The Morgan fingerprint density at radius 1 is 1.50 bits per heavy atom. The van der Waals surface area contributed by atoms with Crippen LogP contribution in [0.5, 0.6) is 0 Å². The predicted octanol–water partition coefficient (Wildman–Crippen LogP) is 2.86. The first kappa shape index (κ1) is 13.3. The fourth-order valence-corrected chi connectivity index (χ4v) is 3.26. The number of nitrogens with one attached hydrogen (secondary N) is 1. The van der Waals surface area contributed by atoms with Gasteiger partial charge in [0.25, 0.3) is 0 Å². The minimum absolute atomic E-state index is 0.156. The van der Waals surface area contributed by atoms with E-state index in [1.807, 2.05) is 0 Å². The summed E-state index contributed by atoms with van der Waals surface area (Å²) in [6, 6.07) is 0. The number of rotatable bonds is 5. The number of hydrogen-bond donors (Lipinski definition) is 2. The first-order chi connectivity index (χ1) is 8.51. The summed E-state index contributed by atoms with van der Waals surface area (Å²) >= 11 is 1.33. The van der Waals surface area contributed by atoms with Crippen LogP contribution in [0, 0.1) is 0 Å².